The van der Waals surface area contributed by atoms with Crippen molar-refractivity contribution in [1.29, 1.82) is 0 Å². The molecule has 0 aliphatic heterocycles. The van der Waals surface area contributed by atoms with Crippen LogP contribution in [-0.4, -0.2) is 0 Å². The fourth-order valence-electron chi connectivity index (χ4n) is 7.93. The molecule has 1 aliphatic carbocycles. The molecule has 266 valence electrons. The lowest BCUT2D eigenvalue weighted by Crippen LogP contribution is -2.26. The van der Waals surface area contributed by atoms with Gasteiger partial charge in [-0.05, 0) is 119 Å². The monoisotopic (exact) mass is 700 g/mol. The molecule has 7 aromatic carbocycles. The van der Waals surface area contributed by atoms with Gasteiger partial charge in [0.1, 0.15) is 0 Å². The van der Waals surface area contributed by atoms with Gasteiger partial charge in [-0.15, -0.1) is 0 Å². The number of nitrogens with zero attached hydrogens (tertiary/aromatic N) is 2. The quantitative estimate of drug-likeness (QED) is 0.124. The Bertz CT molecular complexity index is 2450. The number of hydrogen-bond acceptors (Lipinski definition) is 2. The largest absolute Gasteiger partial charge is 0.310 e. The summed E-state index contributed by atoms with van der Waals surface area (Å²) in [5.41, 5.74) is 9.47. The molecule has 2 unspecified atom stereocenters. The van der Waals surface area contributed by atoms with Crippen LogP contribution in [0.5, 0.6) is 0 Å². The van der Waals surface area contributed by atoms with E-state index < -0.39 is 0 Å². The molecule has 0 fully saturated rings. The SMILES string of the molecule is CCC=CC(C)(CC)C1C=CC(N(c2ccc(-c3ccc(N(c4ccccc4)c4ccc5ccccc5c4)cc3)cc2)c2cccc3ccccc23)=CC1. The van der Waals surface area contributed by atoms with Gasteiger partial charge < -0.3 is 9.80 Å². The molecule has 0 amide bonds. The summed E-state index contributed by atoms with van der Waals surface area (Å²) in [6.07, 6.45) is 15.2. The van der Waals surface area contributed by atoms with Crippen molar-refractivity contribution in [3.8, 4) is 11.1 Å². The van der Waals surface area contributed by atoms with E-state index in [9.17, 15) is 0 Å². The summed E-state index contributed by atoms with van der Waals surface area (Å²) in [5, 5.41) is 4.96. The van der Waals surface area contributed by atoms with Gasteiger partial charge in [-0.3, -0.25) is 0 Å². The van der Waals surface area contributed by atoms with Crippen molar-refractivity contribution in [2.75, 3.05) is 9.80 Å². The lowest BCUT2D eigenvalue weighted by Gasteiger charge is -2.36. The molecule has 54 heavy (non-hydrogen) atoms. The predicted molar refractivity (Wildman–Crippen MR) is 233 cm³/mol. The second-order valence-corrected chi connectivity index (χ2v) is 14.6. The van der Waals surface area contributed by atoms with Crippen molar-refractivity contribution in [3.05, 3.63) is 200 Å². The minimum absolute atomic E-state index is 0.142. The van der Waals surface area contributed by atoms with Crippen LogP contribution < -0.4 is 9.80 Å². The highest BCUT2D eigenvalue weighted by atomic mass is 15.2. The van der Waals surface area contributed by atoms with Gasteiger partial charge in [0.15, 0.2) is 0 Å². The van der Waals surface area contributed by atoms with Crippen LogP contribution in [0.4, 0.5) is 28.4 Å². The standard InChI is InChI=1S/C52H48N2/c1-4-6-37-52(3,5-2)44-28-35-48(36-29-44)54(51-22-14-18-42-16-12-13-21-50(42)51)47-32-25-41(26-33-47)40-23-30-46(31-24-40)53(45-19-8-7-9-20-45)49-34-27-39-15-10-11-17-43(39)38-49/h6-28,30-38,44H,4-5,29H2,1-3H3. The van der Waals surface area contributed by atoms with Crippen LogP contribution in [0.3, 0.4) is 0 Å². The Morgan fingerprint density at radius 2 is 1.17 bits per heavy atom. The van der Waals surface area contributed by atoms with E-state index in [4.69, 9.17) is 0 Å². The number of fused-ring (bicyclic) bond motifs is 2. The summed E-state index contributed by atoms with van der Waals surface area (Å²) in [7, 11) is 0. The smallest absolute Gasteiger partial charge is 0.0539 e. The summed E-state index contributed by atoms with van der Waals surface area (Å²) in [4.78, 5) is 4.77. The van der Waals surface area contributed by atoms with Gasteiger partial charge in [0.2, 0.25) is 0 Å². The van der Waals surface area contributed by atoms with Crippen LogP contribution in [-0.2, 0) is 0 Å². The van der Waals surface area contributed by atoms with Crippen LogP contribution in [0.1, 0.15) is 40.0 Å². The molecule has 2 atom stereocenters. The predicted octanol–water partition coefficient (Wildman–Crippen LogP) is 15.1. The summed E-state index contributed by atoms with van der Waals surface area (Å²) < 4.78 is 0. The van der Waals surface area contributed by atoms with Crippen LogP contribution >= 0.6 is 0 Å². The molecule has 0 N–H and O–H groups in total. The summed E-state index contributed by atoms with van der Waals surface area (Å²) in [5.74, 6) is 0.466. The van der Waals surface area contributed by atoms with E-state index in [0.29, 0.717) is 5.92 Å². The Hall–Kier alpha value is -6.12. The average Bonchev–Trinajstić information content (AvgIpc) is 3.24. The molecule has 2 heteroatoms. The normalized spacial score (nSPS) is 15.3. The number of allylic oxidation sites excluding steroid dienone is 5. The van der Waals surface area contributed by atoms with Crippen molar-refractivity contribution in [3.63, 3.8) is 0 Å². The van der Waals surface area contributed by atoms with Crippen molar-refractivity contribution in [2.45, 2.75) is 40.0 Å². The molecular weight excluding hydrogens is 653 g/mol. The molecule has 1 aliphatic rings. The third kappa shape index (κ3) is 7.00. The van der Waals surface area contributed by atoms with E-state index in [0.717, 1.165) is 42.0 Å². The number of hydrogen-bond donors (Lipinski definition) is 0. The Balaban J connectivity index is 1.12. The van der Waals surface area contributed by atoms with Gasteiger partial charge in [-0.2, -0.15) is 0 Å². The maximum absolute atomic E-state index is 2.45. The van der Waals surface area contributed by atoms with E-state index in [-0.39, 0.29) is 5.41 Å². The van der Waals surface area contributed by atoms with Crippen molar-refractivity contribution in [2.24, 2.45) is 11.3 Å². The zero-order valence-electron chi connectivity index (χ0n) is 31.6. The lowest BCUT2D eigenvalue weighted by molar-refractivity contribution is 0.295. The average molecular weight is 701 g/mol. The maximum Gasteiger partial charge on any atom is 0.0539 e. The molecule has 0 saturated heterocycles. The topological polar surface area (TPSA) is 6.48 Å². The van der Waals surface area contributed by atoms with E-state index in [1.54, 1.807) is 0 Å². The number of anilines is 5. The second kappa shape index (κ2) is 15.5. The van der Waals surface area contributed by atoms with Gasteiger partial charge in [0.25, 0.3) is 0 Å². The first kappa shape index (κ1) is 34.9. The molecule has 2 nitrogen and oxygen atoms in total. The van der Waals surface area contributed by atoms with E-state index in [2.05, 4.69) is 225 Å². The van der Waals surface area contributed by atoms with Crippen LogP contribution in [0.15, 0.2) is 200 Å². The third-order valence-corrected chi connectivity index (χ3v) is 11.3. The first-order chi connectivity index (χ1) is 26.5. The number of benzene rings is 7. The molecule has 0 bridgehead atoms. The Morgan fingerprint density at radius 3 is 1.83 bits per heavy atom. The molecule has 0 aromatic heterocycles. The maximum atomic E-state index is 2.45. The van der Waals surface area contributed by atoms with Gasteiger partial charge in [-0.1, -0.05) is 154 Å². The molecular formula is C52H48N2. The van der Waals surface area contributed by atoms with Crippen LogP contribution in [0.2, 0.25) is 0 Å². The lowest BCUT2D eigenvalue weighted by atomic mass is 9.71. The number of para-hydroxylation sites is 1. The van der Waals surface area contributed by atoms with Crippen LogP contribution in [0.25, 0.3) is 32.7 Å². The van der Waals surface area contributed by atoms with E-state index in [1.807, 2.05) is 0 Å². The summed E-state index contributed by atoms with van der Waals surface area (Å²) in [6, 6.07) is 59.3. The molecule has 7 aromatic rings. The fraction of sp³-hybridized carbons (Fsp3) is 0.154. The first-order valence-corrected chi connectivity index (χ1v) is 19.4. The van der Waals surface area contributed by atoms with Crippen molar-refractivity contribution < 1.29 is 0 Å². The number of rotatable bonds is 11. The summed E-state index contributed by atoms with van der Waals surface area (Å²) in [6.45, 7) is 6.94. The van der Waals surface area contributed by atoms with E-state index in [1.165, 1.54) is 44.1 Å². The molecule has 0 saturated carbocycles. The van der Waals surface area contributed by atoms with Crippen LogP contribution in [0, 0.1) is 11.3 Å². The molecule has 0 heterocycles. The van der Waals surface area contributed by atoms with Gasteiger partial charge in [0, 0.05) is 33.8 Å². The summed E-state index contributed by atoms with van der Waals surface area (Å²) >= 11 is 0. The van der Waals surface area contributed by atoms with Crippen molar-refractivity contribution >= 4 is 50.0 Å². The zero-order valence-corrected chi connectivity index (χ0v) is 31.6. The zero-order chi connectivity index (χ0) is 36.9. The minimum Gasteiger partial charge on any atom is -0.310 e. The first-order valence-electron chi connectivity index (χ1n) is 19.4. The highest BCUT2D eigenvalue weighted by Crippen LogP contribution is 2.43. The van der Waals surface area contributed by atoms with Gasteiger partial charge in [0.05, 0.1) is 5.69 Å². The van der Waals surface area contributed by atoms with E-state index >= 15 is 0 Å². The fourth-order valence-corrected chi connectivity index (χ4v) is 7.93. The Kier molecular flexibility index (Phi) is 10.0. The third-order valence-electron chi connectivity index (χ3n) is 11.3. The minimum atomic E-state index is 0.142. The Labute approximate surface area is 321 Å². The highest BCUT2D eigenvalue weighted by Gasteiger charge is 2.30. The van der Waals surface area contributed by atoms with Gasteiger partial charge in [-0.25, -0.2) is 0 Å². The molecule has 0 spiro atoms. The van der Waals surface area contributed by atoms with Gasteiger partial charge >= 0.3 is 0 Å². The Morgan fingerprint density at radius 1 is 0.574 bits per heavy atom. The highest BCUT2D eigenvalue weighted by molar-refractivity contribution is 5.97. The molecule has 8 rings (SSSR count). The van der Waals surface area contributed by atoms with Crippen molar-refractivity contribution in [1.82, 2.24) is 0 Å². The second-order valence-electron chi connectivity index (χ2n) is 14.6. The molecule has 0 radical (unpaired) electrons.